The number of phenolic OH excluding ortho intramolecular Hbond substituents is 1. The van der Waals surface area contributed by atoms with Crippen molar-refractivity contribution >= 4 is 11.2 Å². The maximum absolute atomic E-state index is 10.2. The number of hydrogen-bond acceptors (Lipinski definition) is 4. The second-order valence-electron chi connectivity index (χ2n) is 5.18. The van der Waals surface area contributed by atoms with Gasteiger partial charge in [0.1, 0.15) is 5.75 Å². The number of rotatable bonds is 1. The van der Waals surface area contributed by atoms with Gasteiger partial charge in [0, 0.05) is 11.8 Å². The second kappa shape index (κ2) is 4.34. The van der Waals surface area contributed by atoms with Gasteiger partial charge >= 0.3 is 0 Å². The molecule has 0 saturated carbocycles. The lowest BCUT2D eigenvalue weighted by Gasteiger charge is -2.17. The van der Waals surface area contributed by atoms with Crippen LogP contribution in [0.4, 0.5) is 0 Å². The average Bonchev–Trinajstić information content (AvgIpc) is 2.91. The lowest BCUT2D eigenvalue weighted by molar-refractivity contribution is 0.462. The quantitative estimate of drug-likeness (QED) is 0.732. The molecule has 1 aromatic carbocycles. The average molecular weight is 266 g/mol. The highest BCUT2D eigenvalue weighted by molar-refractivity contribution is 5.73. The van der Waals surface area contributed by atoms with E-state index in [9.17, 15) is 5.11 Å². The summed E-state index contributed by atoms with van der Waals surface area (Å²) in [6, 6.07) is 7.49. The van der Waals surface area contributed by atoms with Gasteiger partial charge in [0.2, 0.25) is 5.89 Å². The maximum Gasteiger partial charge on any atom is 0.229 e. The molecule has 4 rings (SSSR count). The minimum absolute atomic E-state index is 0.354. The molecular formula is C16H14N2O2. The van der Waals surface area contributed by atoms with Crippen LogP contribution in [0.15, 0.2) is 34.9 Å². The zero-order chi connectivity index (χ0) is 13.5. The van der Waals surface area contributed by atoms with Crippen LogP contribution < -0.4 is 0 Å². The van der Waals surface area contributed by atoms with Crippen LogP contribution in [0, 0.1) is 0 Å². The number of benzene rings is 1. The molecule has 1 aliphatic rings. The number of pyridine rings is 1. The summed E-state index contributed by atoms with van der Waals surface area (Å²) in [6.45, 7) is 0. The van der Waals surface area contributed by atoms with E-state index < -0.39 is 0 Å². The smallest absolute Gasteiger partial charge is 0.229 e. The molecule has 0 fully saturated rings. The van der Waals surface area contributed by atoms with Crippen LogP contribution >= 0.6 is 0 Å². The molecule has 0 amide bonds. The standard InChI is InChI=1S/C16H14N2O2/c19-13-9-11(8-10-4-1-2-5-12(10)13)16-18-15-14(20-16)6-3-7-17-15/h3,6-9,19H,1-2,4-5H2. The van der Waals surface area contributed by atoms with Crippen molar-refractivity contribution < 1.29 is 9.52 Å². The first-order valence-corrected chi connectivity index (χ1v) is 6.88. The molecule has 0 saturated heterocycles. The van der Waals surface area contributed by atoms with E-state index in [4.69, 9.17) is 4.42 Å². The normalized spacial score (nSPS) is 14.4. The highest BCUT2D eigenvalue weighted by Gasteiger charge is 2.17. The van der Waals surface area contributed by atoms with E-state index in [1.165, 1.54) is 12.0 Å². The van der Waals surface area contributed by atoms with Gasteiger partial charge < -0.3 is 9.52 Å². The molecule has 4 nitrogen and oxygen atoms in total. The molecule has 0 radical (unpaired) electrons. The predicted octanol–water partition coefficient (Wildman–Crippen LogP) is 3.47. The van der Waals surface area contributed by atoms with Crippen LogP contribution in [-0.4, -0.2) is 15.1 Å². The van der Waals surface area contributed by atoms with Crippen LogP contribution in [0.25, 0.3) is 22.7 Å². The Hall–Kier alpha value is -2.36. The Balaban J connectivity index is 1.87. The van der Waals surface area contributed by atoms with Gasteiger partial charge in [-0.3, -0.25) is 0 Å². The highest BCUT2D eigenvalue weighted by atomic mass is 16.3. The molecule has 4 heteroatoms. The Morgan fingerprint density at radius 2 is 2.05 bits per heavy atom. The summed E-state index contributed by atoms with van der Waals surface area (Å²) in [5.74, 6) is 0.870. The third kappa shape index (κ3) is 1.76. The lowest BCUT2D eigenvalue weighted by Crippen LogP contribution is -2.03. The van der Waals surface area contributed by atoms with Crippen LogP contribution in [0.2, 0.25) is 0 Å². The molecule has 0 bridgehead atoms. The Bertz CT molecular complexity index is 759. The largest absolute Gasteiger partial charge is 0.508 e. The molecule has 1 N–H and O–H groups in total. The van der Waals surface area contributed by atoms with E-state index in [0.29, 0.717) is 22.9 Å². The van der Waals surface area contributed by atoms with Gasteiger partial charge in [-0.2, -0.15) is 4.98 Å². The summed E-state index contributed by atoms with van der Waals surface area (Å²) >= 11 is 0. The Morgan fingerprint density at radius 1 is 1.15 bits per heavy atom. The number of aryl methyl sites for hydroxylation is 1. The van der Waals surface area contributed by atoms with Gasteiger partial charge in [0.05, 0.1) is 0 Å². The highest BCUT2D eigenvalue weighted by Crippen LogP contribution is 2.34. The molecule has 20 heavy (non-hydrogen) atoms. The summed E-state index contributed by atoms with van der Waals surface area (Å²) in [7, 11) is 0. The number of nitrogens with zero attached hydrogens (tertiary/aromatic N) is 2. The zero-order valence-corrected chi connectivity index (χ0v) is 11.0. The fourth-order valence-electron chi connectivity index (χ4n) is 2.86. The third-order valence-corrected chi connectivity index (χ3v) is 3.85. The fourth-order valence-corrected chi connectivity index (χ4v) is 2.86. The van der Waals surface area contributed by atoms with Gasteiger partial charge in [-0.05, 0) is 61.1 Å². The van der Waals surface area contributed by atoms with Gasteiger partial charge in [0.15, 0.2) is 11.2 Å². The van der Waals surface area contributed by atoms with Gasteiger partial charge in [0.25, 0.3) is 0 Å². The van der Waals surface area contributed by atoms with Crippen molar-refractivity contribution in [2.75, 3.05) is 0 Å². The number of phenols is 1. The summed E-state index contributed by atoms with van der Waals surface area (Å²) in [4.78, 5) is 8.55. The van der Waals surface area contributed by atoms with E-state index >= 15 is 0 Å². The number of aromatic nitrogens is 2. The molecule has 0 spiro atoms. The minimum Gasteiger partial charge on any atom is -0.508 e. The van der Waals surface area contributed by atoms with E-state index in [-0.39, 0.29) is 0 Å². The summed E-state index contributed by atoms with van der Waals surface area (Å²) < 4.78 is 5.72. The van der Waals surface area contributed by atoms with Crippen molar-refractivity contribution in [1.82, 2.24) is 9.97 Å². The van der Waals surface area contributed by atoms with Crippen LogP contribution in [0.1, 0.15) is 24.0 Å². The summed E-state index contributed by atoms with van der Waals surface area (Å²) in [6.07, 6.45) is 5.97. The van der Waals surface area contributed by atoms with E-state index in [2.05, 4.69) is 16.0 Å². The first-order valence-electron chi connectivity index (χ1n) is 6.88. The number of oxazole rings is 1. The van der Waals surface area contributed by atoms with Gasteiger partial charge in [-0.15, -0.1) is 0 Å². The van der Waals surface area contributed by atoms with Crippen LogP contribution in [0.3, 0.4) is 0 Å². The van der Waals surface area contributed by atoms with Gasteiger partial charge in [-0.25, -0.2) is 4.98 Å². The van der Waals surface area contributed by atoms with E-state index in [1.54, 1.807) is 12.3 Å². The summed E-state index contributed by atoms with van der Waals surface area (Å²) in [5.41, 5.74) is 4.37. The Labute approximate surface area is 116 Å². The Kier molecular flexibility index (Phi) is 2.49. The van der Waals surface area contributed by atoms with E-state index in [0.717, 1.165) is 30.4 Å². The van der Waals surface area contributed by atoms with Crippen molar-refractivity contribution in [2.45, 2.75) is 25.7 Å². The second-order valence-corrected chi connectivity index (χ2v) is 5.18. The van der Waals surface area contributed by atoms with Crippen LogP contribution in [-0.2, 0) is 12.8 Å². The molecule has 0 aliphatic heterocycles. The minimum atomic E-state index is 0.354. The number of aromatic hydroxyl groups is 1. The number of hydrogen-bond donors (Lipinski definition) is 1. The fraction of sp³-hybridized carbons (Fsp3) is 0.250. The zero-order valence-electron chi connectivity index (χ0n) is 11.0. The predicted molar refractivity (Wildman–Crippen MR) is 75.5 cm³/mol. The van der Waals surface area contributed by atoms with E-state index in [1.807, 2.05) is 12.1 Å². The van der Waals surface area contributed by atoms with Gasteiger partial charge in [-0.1, -0.05) is 0 Å². The molecule has 0 atom stereocenters. The first kappa shape index (κ1) is 11.5. The lowest BCUT2D eigenvalue weighted by atomic mass is 9.89. The van der Waals surface area contributed by atoms with Crippen molar-refractivity contribution in [3.05, 3.63) is 41.6 Å². The van der Waals surface area contributed by atoms with Crippen molar-refractivity contribution in [1.29, 1.82) is 0 Å². The molecule has 100 valence electrons. The van der Waals surface area contributed by atoms with Crippen molar-refractivity contribution in [2.24, 2.45) is 0 Å². The molecule has 3 aromatic rings. The molecule has 2 heterocycles. The maximum atomic E-state index is 10.2. The molecule has 1 aliphatic carbocycles. The SMILES string of the molecule is Oc1cc(-c2nc3ncccc3o2)cc2c1CCCC2. The third-order valence-electron chi connectivity index (χ3n) is 3.85. The van der Waals surface area contributed by atoms with Crippen LogP contribution in [0.5, 0.6) is 5.75 Å². The number of fused-ring (bicyclic) bond motifs is 2. The van der Waals surface area contributed by atoms with Crippen molar-refractivity contribution in [3.63, 3.8) is 0 Å². The first-order chi connectivity index (χ1) is 9.81. The molecular weight excluding hydrogens is 252 g/mol. The molecule has 2 aromatic heterocycles. The topological polar surface area (TPSA) is 59.2 Å². The Morgan fingerprint density at radius 3 is 2.95 bits per heavy atom. The molecule has 0 unspecified atom stereocenters. The monoisotopic (exact) mass is 266 g/mol. The van der Waals surface area contributed by atoms with Crippen molar-refractivity contribution in [3.8, 4) is 17.2 Å². The summed E-state index contributed by atoms with van der Waals surface area (Å²) in [5, 5.41) is 10.2.